The molecule has 2 rings (SSSR count). The number of benzene rings is 2. The first-order valence-corrected chi connectivity index (χ1v) is 10.0. The zero-order valence-corrected chi connectivity index (χ0v) is 18.5. The minimum absolute atomic E-state index is 0.0108. The molecule has 2 amide bonds. The van der Waals surface area contributed by atoms with E-state index in [0.29, 0.717) is 24.7 Å². The Morgan fingerprint density at radius 1 is 1.10 bits per heavy atom. The third-order valence-electron chi connectivity index (χ3n) is 4.63. The van der Waals surface area contributed by atoms with Crippen molar-refractivity contribution in [2.75, 3.05) is 46.2 Å². The van der Waals surface area contributed by atoms with Gasteiger partial charge in [-0.1, -0.05) is 17.7 Å². The van der Waals surface area contributed by atoms with Crippen molar-refractivity contribution in [1.29, 1.82) is 0 Å². The minimum Gasteiger partial charge on any atom is -0.493 e. The van der Waals surface area contributed by atoms with Gasteiger partial charge in [-0.2, -0.15) is 0 Å². The van der Waals surface area contributed by atoms with E-state index < -0.39 is 0 Å². The maximum Gasteiger partial charge on any atom is 0.277 e. The SMILES string of the molecule is CCOc1ccc(C[NH+](C)CC(=O)N(C)CC(=O)Nc2ccc(C)cc2)cc1OC. The number of hydrogen-bond donors (Lipinski definition) is 2. The first-order valence-electron chi connectivity index (χ1n) is 10.0. The van der Waals surface area contributed by atoms with Gasteiger partial charge in [-0.15, -0.1) is 0 Å². The van der Waals surface area contributed by atoms with Gasteiger partial charge in [0.25, 0.3) is 5.91 Å². The van der Waals surface area contributed by atoms with Crippen LogP contribution in [0.3, 0.4) is 0 Å². The lowest BCUT2D eigenvalue weighted by Crippen LogP contribution is -3.08. The number of amides is 2. The van der Waals surface area contributed by atoms with Gasteiger partial charge in [0.05, 0.1) is 27.3 Å². The maximum atomic E-state index is 12.5. The first-order chi connectivity index (χ1) is 14.3. The molecule has 0 aliphatic rings. The average molecular weight is 415 g/mol. The van der Waals surface area contributed by atoms with Crippen LogP contribution >= 0.6 is 0 Å². The van der Waals surface area contributed by atoms with Crippen molar-refractivity contribution in [3.8, 4) is 11.5 Å². The van der Waals surface area contributed by atoms with Crippen LogP contribution in [-0.2, 0) is 16.1 Å². The summed E-state index contributed by atoms with van der Waals surface area (Å²) in [4.78, 5) is 27.2. The maximum absolute atomic E-state index is 12.5. The van der Waals surface area contributed by atoms with Crippen LogP contribution in [0.15, 0.2) is 42.5 Å². The van der Waals surface area contributed by atoms with E-state index in [9.17, 15) is 9.59 Å². The highest BCUT2D eigenvalue weighted by Gasteiger charge is 2.18. The molecule has 0 bridgehead atoms. The smallest absolute Gasteiger partial charge is 0.277 e. The Labute approximate surface area is 178 Å². The molecule has 0 spiro atoms. The van der Waals surface area contributed by atoms with Gasteiger partial charge in [0.15, 0.2) is 18.0 Å². The van der Waals surface area contributed by atoms with E-state index in [1.54, 1.807) is 14.2 Å². The second kappa shape index (κ2) is 11.2. The van der Waals surface area contributed by atoms with Gasteiger partial charge in [-0.25, -0.2) is 0 Å². The monoisotopic (exact) mass is 414 g/mol. The lowest BCUT2D eigenvalue weighted by atomic mass is 10.2. The van der Waals surface area contributed by atoms with Crippen molar-refractivity contribution >= 4 is 17.5 Å². The molecule has 0 fully saturated rings. The lowest BCUT2D eigenvalue weighted by Gasteiger charge is -2.20. The molecule has 162 valence electrons. The molecule has 0 aliphatic heterocycles. The summed E-state index contributed by atoms with van der Waals surface area (Å²) in [5.74, 6) is 1.07. The van der Waals surface area contributed by atoms with E-state index in [-0.39, 0.29) is 24.9 Å². The molecule has 7 heteroatoms. The highest BCUT2D eigenvalue weighted by Crippen LogP contribution is 2.27. The first kappa shape index (κ1) is 23.2. The van der Waals surface area contributed by atoms with Crippen LogP contribution in [0.4, 0.5) is 5.69 Å². The number of aryl methyl sites for hydroxylation is 1. The summed E-state index contributed by atoms with van der Waals surface area (Å²) in [6, 6.07) is 13.3. The normalized spacial score (nSPS) is 11.5. The summed E-state index contributed by atoms with van der Waals surface area (Å²) in [6.45, 7) is 5.42. The summed E-state index contributed by atoms with van der Waals surface area (Å²) in [5, 5.41) is 2.81. The lowest BCUT2D eigenvalue weighted by molar-refractivity contribution is -0.885. The summed E-state index contributed by atoms with van der Waals surface area (Å²) in [7, 11) is 5.20. The molecule has 1 atom stereocenters. The molecule has 2 N–H and O–H groups in total. The number of likely N-dealkylation sites (N-methyl/N-ethyl adjacent to an activating group) is 2. The number of carbonyl (C=O) groups excluding carboxylic acids is 2. The number of hydrogen-bond acceptors (Lipinski definition) is 4. The second-order valence-corrected chi connectivity index (χ2v) is 7.39. The van der Waals surface area contributed by atoms with Crippen molar-refractivity contribution in [3.05, 3.63) is 53.6 Å². The molecule has 2 aromatic rings. The van der Waals surface area contributed by atoms with Crippen molar-refractivity contribution in [1.82, 2.24) is 4.90 Å². The Bertz CT molecular complexity index is 852. The molecule has 0 aromatic heterocycles. The molecule has 1 unspecified atom stereocenters. The highest BCUT2D eigenvalue weighted by atomic mass is 16.5. The van der Waals surface area contributed by atoms with Crippen LogP contribution in [0.25, 0.3) is 0 Å². The fourth-order valence-corrected chi connectivity index (χ4v) is 3.04. The van der Waals surface area contributed by atoms with Crippen LogP contribution in [-0.4, -0.2) is 57.6 Å². The standard InChI is InChI=1S/C23H31N3O4/c1-6-30-20-12-9-18(13-21(20)29-5)14-25(3)16-23(28)26(4)15-22(27)24-19-10-7-17(2)8-11-19/h7-13H,6,14-16H2,1-5H3,(H,24,27)/p+1. The van der Waals surface area contributed by atoms with Crippen molar-refractivity contribution in [2.45, 2.75) is 20.4 Å². The number of rotatable bonds is 10. The van der Waals surface area contributed by atoms with E-state index in [0.717, 1.165) is 21.7 Å². The molecule has 0 heterocycles. The quantitative estimate of drug-likeness (QED) is 0.618. The molecule has 0 aliphatic carbocycles. The van der Waals surface area contributed by atoms with Gasteiger partial charge < -0.3 is 24.6 Å². The predicted molar refractivity (Wildman–Crippen MR) is 117 cm³/mol. The summed E-state index contributed by atoms with van der Waals surface area (Å²) in [6.07, 6.45) is 0. The zero-order valence-electron chi connectivity index (χ0n) is 18.5. The fraction of sp³-hybridized carbons (Fsp3) is 0.391. The summed E-state index contributed by atoms with van der Waals surface area (Å²) in [5.41, 5.74) is 2.88. The Kier molecular flexibility index (Phi) is 8.68. The predicted octanol–water partition coefficient (Wildman–Crippen LogP) is 1.51. The van der Waals surface area contributed by atoms with Crippen molar-refractivity contribution in [2.24, 2.45) is 0 Å². The van der Waals surface area contributed by atoms with Gasteiger partial charge in [0.1, 0.15) is 6.54 Å². The Morgan fingerprint density at radius 3 is 2.43 bits per heavy atom. The molecule has 0 radical (unpaired) electrons. The van der Waals surface area contributed by atoms with E-state index in [2.05, 4.69) is 5.32 Å². The second-order valence-electron chi connectivity index (χ2n) is 7.39. The number of quaternary nitrogens is 1. The molecule has 2 aromatic carbocycles. The number of nitrogens with one attached hydrogen (secondary N) is 2. The van der Waals surface area contributed by atoms with E-state index >= 15 is 0 Å². The molecule has 7 nitrogen and oxygen atoms in total. The van der Waals surface area contributed by atoms with Gasteiger partial charge in [0, 0.05) is 18.3 Å². The average Bonchev–Trinajstić information content (AvgIpc) is 2.70. The molecule has 0 saturated heterocycles. The third kappa shape index (κ3) is 7.08. The molecule has 0 saturated carbocycles. The molecule has 30 heavy (non-hydrogen) atoms. The number of anilines is 1. The Hall–Kier alpha value is -3.06. The van der Waals surface area contributed by atoms with Crippen LogP contribution in [0.2, 0.25) is 0 Å². The number of methoxy groups -OCH3 is 1. The van der Waals surface area contributed by atoms with E-state index in [1.807, 2.05) is 63.4 Å². The fourth-order valence-electron chi connectivity index (χ4n) is 3.04. The third-order valence-corrected chi connectivity index (χ3v) is 4.63. The van der Waals surface area contributed by atoms with Crippen LogP contribution in [0.5, 0.6) is 11.5 Å². The summed E-state index contributed by atoms with van der Waals surface area (Å²) >= 11 is 0. The number of ether oxygens (including phenoxy) is 2. The van der Waals surface area contributed by atoms with Crippen LogP contribution in [0.1, 0.15) is 18.1 Å². The molecular formula is C23H32N3O4+. The number of nitrogens with zero attached hydrogens (tertiary/aromatic N) is 1. The van der Waals surface area contributed by atoms with Gasteiger partial charge in [-0.3, -0.25) is 9.59 Å². The van der Waals surface area contributed by atoms with Crippen molar-refractivity contribution < 1.29 is 24.0 Å². The number of carbonyl (C=O) groups is 2. The van der Waals surface area contributed by atoms with Gasteiger partial charge in [0.2, 0.25) is 5.91 Å². The Balaban J connectivity index is 1.85. The molecular weight excluding hydrogens is 382 g/mol. The Morgan fingerprint density at radius 2 is 1.80 bits per heavy atom. The van der Waals surface area contributed by atoms with E-state index in [4.69, 9.17) is 9.47 Å². The topological polar surface area (TPSA) is 72.3 Å². The van der Waals surface area contributed by atoms with Gasteiger partial charge >= 0.3 is 0 Å². The largest absolute Gasteiger partial charge is 0.493 e. The minimum atomic E-state index is -0.219. The van der Waals surface area contributed by atoms with Crippen molar-refractivity contribution in [3.63, 3.8) is 0 Å². The van der Waals surface area contributed by atoms with Crippen LogP contribution < -0.4 is 19.7 Å². The zero-order chi connectivity index (χ0) is 22.1. The summed E-state index contributed by atoms with van der Waals surface area (Å²) < 4.78 is 10.9. The van der Waals surface area contributed by atoms with Gasteiger partial charge in [-0.05, 0) is 44.2 Å². The highest BCUT2D eigenvalue weighted by molar-refractivity contribution is 5.94. The van der Waals surface area contributed by atoms with Crippen LogP contribution in [0, 0.1) is 6.92 Å². The van der Waals surface area contributed by atoms with E-state index in [1.165, 1.54) is 4.90 Å².